The Bertz CT molecular complexity index is 398. The van der Waals surface area contributed by atoms with E-state index in [-0.39, 0.29) is 11.8 Å². The summed E-state index contributed by atoms with van der Waals surface area (Å²) in [6.07, 6.45) is 3.43. The second-order valence-electron chi connectivity index (χ2n) is 5.17. The van der Waals surface area contributed by atoms with E-state index >= 15 is 0 Å². The molecule has 0 aromatic heterocycles. The standard InChI is InChI=1S/C15H21NO2/c1-2-13(12-7-4-3-5-8-12)14(17)16-11-15(18)9-6-10-15/h3-5,7-8,13,18H,2,6,9-11H2,1H3,(H,16,17). The van der Waals surface area contributed by atoms with Gasteiger partial charge in [-0.2, -0.15) is 0 Å². The number of carbonyl (C=O) groups is 1. The highest BCUT2D eigenvalue weighted by molar-refractivity contribution is 5.83. The molecular formula is C15H21NO2. The van der Waals surface area contributed by atoms with Crippen LogP contribution in [0.4, 0.5) is 0 Å². The van der Waals surface area contributed by atoms with Crippen molar-refractivity contribution in [2.75, 3.05) is 6.54 Å². The number of amides is 1. The second-order valence-corrected chi connectivity index (χ2v) is 5.17. The van der Waals surface area contributed by atoms with Crippen LogP contribution < -0.4 is 5.32 Å². The number of carbonyl (C=O) groups excluding carboxylic acids is 1. The first kappa shape index (κ1) is 13.1. The van der Waals surface area contributed by atoms with E-state index in [1.54, 1.807) is 0 Å². The molecule has 1 unspecified atom stereocenters. The topological polar surface area (TPSA) is 49.3 Å². The lowest BCUT2D eigenvalue weighted by Gasteiger charge is -2.36. The zero-order valence-corrected chi connectivity index (χ0v) is 10.9. The van der Waals surface area contributed by atoms with Crippen LogP contribution in [-0.4, -0.2) is 23.2 Å². The molecule has 1 atom stereocenters. The van der Waals surface area contributed by atoms with Crippen LogP contribution in [0, 0.1) is 0 Å². The number of hydrogen-bond acceptors (Lipinski definition) is 2. The molecule has 0 aliphatic heterocycles. The summed E-state index contributed by atoms with van der Waals surface area (Å²) in [5.74, 6) is -0.0982. The summed E-state index contributed by atoms with van der Waals surface area (Å²) in [4.78, 5) is 12.1. The zero-order valence-electron chi connectivity index (χ0n) is 10.9. The third kappa shape index (κ3) is 2.91. The van der Waals surface area contributed by atoms with Crippen LogP contribution in [0.1, 0.15) is 44.1 Å². The first-order valence-corrected chi connectivity index (χ1v) is 6.70. The molecule has 1 aromatic rings. The third-order valence-corrected chi connectivity index (χ3v) is 3.80. The highest BCUT2D eigenvalue weighted by Crippen LogP contribution is 2.31. The van der Waals surface area contributed by atoms with Crippen molar-refractivity contribution >= 4 is 5.91 Å². The Labute approximate surface area is 108 Å². The van der Waals surface area contributed by atoms with Gasteiger partial charge in [-0.15, -0.1) is 0 Å². The Balaban J connectivity index is 1.94. The van der Waals surface area contributed by atoms with E-state index < -0.39 is 5.60 Å². The molecule has 18 heavy (non-hydrogen) atoms. The molecule has 1 aromatic carbocycles. The van der Waals surface area contributed by atoms with Crippen molar-refractivity contribution in [2.45, 2.75) is 44.1 Å². The molecule has 2 N–H and O–H groups in total. The van der Waals surface area contributed by atoms with Crippen LogP contribution >= 0.6 is 0 Å². The van der Waals surface area contributed by atoms with Crippen LogP contribution in [-0.2, 0) is 4.79 Å². The van der Waals surface area contributed by atoms with Crippen LogP contribution in [0.15, 0.2) is 30.3 Å². The van der Waals surface area contributed by atoms with Crippen molar-refractivity contribution in [1.29, 1.82) is 0 Å². The number of rotatable bonds is 5. The van der Waals surface area contributed by atoms with Crippen molar-refractivity contribution in [3.05, 3.63) is 35.9 Å². The molecule has 3 nitrogen and oxygen atoms in total. The predicted octanol–water partition coefficient (Wildman–Crippen LogP) is 2.21. The monoisotopic (exact) mass is 247 g/mol. The minimum atomic E-state index is -0.648. The van der Waals surface area contributed by atoms with Crippen molar-refractivity contribution < 1.29 is 9.90 Å². The van der Waals surface area contributed by atoms with E-state index in [2.05, 4.69) is 5.32 Å². The van der Waals surface area contributed by atoms with Gasteiger partial charge in [0, 0.05) is 6.54 Å². The molecule has 0 spiro atoms. The largest absolute Gasteiger partial charge is 0.388 e. The lowest BCUT2D eigenvalue weighted by molar-refractivity contribution is -0.125. The fourth-order valence-corrected chi connectivity index (χ4v) is 2.39. The first-order chi connectivity index (χ1) is 8.64. The Morgan fingerprint density at radius 2 is 2.06 bits per heavy atom. The summed E-state index contributed by atoms with van der Waals surface area (Å²) in [7, 11) is 0. The molecule has 2 rings (SSSR count). The molecular weight excluding hydrogens is 226 g/mol. The van der Waals surface area contributed by atoms with E-state index in [0.717, 1.165) is 31.2 Å². The third-order valence-electron chi connectivity index (χ3n) is 3.80. The van der Waals surface area contributed by atoms with Crippen LogP contribution in [0.2, 0.25) is 0 Å². The van der Waals surface area contributed by atoms with Crippen molar-refractivity contribution in [3.63, 3.8) is 0 Å². The molecule has 1 amide bonds. The molecule has 1 saturated carbocycles. The molecule has 98 valence electrons. The number of nitrogens with one attached hydrogen (secondary N) is 1. The van der Waals surface area contributed by atoms with Crippen molar-refractivity contribution in [2.24, 2.45) is 0 Å². The van der Waals surface area contributed by atoms with E-state index in [1.807, 2.05) is 37.3 Å². The van der Waals surface area contributed by atoms with E-state index in [1.165, 1.54) is 0 Å². The van der Waals surface area contributed by atoms with Gasteiger partial charge >= 0.3 is 0 Å². The average Bonchev–Trinajstić information content (AvgIpc) is 2.36. The Morgan fingerprint density at radius 3 is 2.56 bits per heavy atom. The van der Waals surface area contributed by atoms with Gasteiger partial charge in [0.05, 0.1) is 11.5 Å². The van der Waals surface area contributed by atoms with Gasteiger partial charge in [0.2, 0.25) is 5.91 Å². The molecule has 0 radical (unpaired) electrons. The summed E-state index contributed by atoms with van der Waals surface area (Å²) in [6, 6.07) is 9.80. The molecule has 1 aliphatic rings. The maximum absolute atomic E-state index is 12.1. The highest BCUT2D eigenvalue weighted by atomic mass is 16.3. The number of aliphatic hydroxyl groups is 1. The molecule has 3 heteroatoms. The maximum atomic E-state index is 12.1. The summed E-state index contributed by atoms with van der Waals surface area (Å²) < 4.78 is 0. The van der Waals surface area contributed by atoms with Gasteiger partial charge in [0.15, 0.2) is 0 Å². The predicted molar refractivity (Wildman–Crippen MR) is 71.3 cm³/mol. The molecule has 1 fully saturated rings. The normalized spacial score (nSPS) is 18.8. The van der Waals surface area contributed by atoms with Crippen molar-refractivity contribution in [1.82, 2.24) is 5.32 Å². The highest BCUT2D eigenvalue weighted by Gasteiger charge is 2.35. The van der Waals surface area contributed by atoms with E-state index in [4.69, 9.17) is 0 Å². The quantitative estimate of drug-likeness (QED) is 0.838. The van der Waals surface area contributed by atoms with Gasteiger partial charge in [0.25, 0.3) is 0 Å². The van der Waals surface area contributed by atoms with Gasteiger partial charge < -0.3 is 10.4 Å². The molecule has 0 heterocycles. The summed E-state index contributed by atoms with van der Waals surface area (Å²) in [5, 5.41) is 12.9. The van der Waals surface area contributed by atoms with E-state index in [9.17, 15) is 9.90 Å². The van der Waals surface area contributed by atoms with Crippen molar-refractivity contribution in [3.8, 4) is 0 Å². The average molecular weight is 247 g/mol. The van der Waals surface area contributed by atoms with Gasteiger partial charge in [-0.3, -0.25) is 4.79 Å². The number of hydrogen-bond donors (Lipinski definition) is 2. The smallest absolute Gasteiger partial charge is 0.227 e. The Hall–Kier alpha value is -1.35. The minimum Gasteiger partial charge on any atom is -0.388 e. The first-order valence-electron chi connectivity index (χ1n) is 6.70. The molecule has 0 bridgehead atoms. The van der Waals surface area contributed by atoms with E-state index in [0.29, 0.717) is 6.54 Å². The lowest BCUT2D eigenvalue weighted by atomic mass is 9.80. The van der Waals surface area contributed by atoms with Gasteiger partial charge in [0.1, 0.15) is 0 Å². The van der Waals surface area contributed by atoms with Crippen LogP contribution in [0.5, 0.6) is 0 Å². The summed E-state index contributed by atoms with van der Waals surface area (Å²) in [5.41, 5.74) is 0.392. The Morgan fingerprint density at radius 1 is 1.39 bits per heavy atom. The fourth-order valence-electron chi connectivity index (χ4n) is 2.39. The zero-order chi connectivity index (χ0) is 13.0. The van der Waals surface area contributed by atoms with Crippen LogP contribution in [0.3, 0.4) is 0 Å². The maximum Gasteiger partial charge on any atom is 0.227 e. The van der Waals surface area contributed by atoms with Gasteiger partial charge in [-0.1, -0.05) is 37.3 Å². The SMILES string of the molecule is CCC(C(=O)NCC1(O)CCC1)c1ccccc1. The lowest BCUT2D eigenvalue weighted by Crippen LogP contribution is -2.48. The Kier molecular flexibility index (Phi) is 4.02. The summed E-state index contributed by atoms with van der Waals surface area (Å²) >= 11 is 0. The summed E-state index contributed by atoms with van der Waals surface area (Å²) in [6.45, 7) is 2.39. The fraction of sp³-hybridized carbons (Fsp3) is 0.533. The molecule has 1 aliphatic carbocycles. The molecule has 0 saturated heterocycles. The van der Waals surface area contributed by atoms with Crippen LogP contribution in [0.25, 0.3) is 0 Å². The number of benzene rings is 1. The second kappa shape index (κ2) is 5.53. The minimum absolute atomic E-state index is 0.0176. The van der Waals surface area contributed by atoms with Gasteiger partial charge in [-0.05, 0) is 31.2 Å². The van der Waals surface area contributed by atoms with Gasteiger partial charge in [-0.25, -0.2) is 0 Å².